The zero-order valence-corrected chi connectivity index (χ0v) is 9.95. The van der Waals surface area contributed by atoms with E-state index in [1.165, 1.54) is 18.9 Å². The van der Waals surface area contributed by atoms with E-state index in [9.17, 15) is 4.39 Å². The minimum Gasteiger partial charge on any atom is -0.308 e. The molecule has 0 radical (unpaired) electrons. The molecule has 2 aliphatic rings. The van der Waals surface area contributed by atoms with E-state index >= 15 is 0 Å². The van der Waals surface area contributed by atoms with Crippen LogP contribution in [0.3, 0.4) is 0 Å². The molecule has 0 unspecified atom stereocenters. The zero-order valence-electron chi connectivity index (χ0n) is 9.95. The summed E-state index contributed by atoms with van der Waals surface area (Å²) in [6.45, 7) is 0. The topological polar surface area (TPSA) is 12.0 Å². The Kier molecular flexibility index (Phi) is 2.75. The fourth-order valence-electron chi connectivity index (χ4n) is 3.15. The van der Waals surface area contributed by atoms with Gasteiger partial charge in [-0.25, -0.2) is 4.39 Å². The van der Waals surface area contributed by atoms with Gasteiger partial charge in [-0.1, -0.05) is 24.3 Å². The molecule has 1 heterocycles. The number of rotatable bonds is 2. The molecule has 90 valence electrons. The molecule has 1 atom stereocenters. The van der Waals surface area contributed by atoms with Crippen molar-refractivity contribution in [3.05, 3.63) is 47.8 Å². The Bertz CT molecular complexity index is 430. The molecule has 1 aromatic carbocycles. The van der Waals surface area contributed by atoms with Gasteiger partial charge in [-0.05, 0) is 49.8 Å². The molecule has 1 aliphatic carbocycles. The van der Waals surface area contributed by atoms with Gasteiger partial charge in [-0.2, -0.15) is 0 Å². The molecule has 0 saturated carbocycles. The van der Waals surface area contributed by atoms with Crippen LogP contribution in [0.15, 0.2) is 36.4 Å². The normalized spacial score (nSPS) is 25.8. The van der Waals surface area contributed by atoms with Crippen molar-refractivity contribution in [2.75, 3.05) is 0 Å². The highest BCUT2D eigenvalue weighted by Gasteiger charge is 2.38. The summed E-state index contributed by atoms with van der Waals surface area (Å²) in [5.41, 5.74) is 1.43. The van der Waals surface area contributed by atoms with Crippen molar-refractivity contribution in [1.82, 2.24) is 5.32 Å². The summed E-state index contributed by atoms with van der Waals surface area (Å²) in [7, 11) is 0. The van der Waals surface area contributed by atoms with Crippen molar-refractivity contribution in [3.63, 3.8) is 0 Å². The summed E-state index contributed by atoms with van der Waals surface area (Å²) in [4.78, 5) is 0. The van der Waals surface area contributed by atoms with Crippen LogP contribution < -0.4 is 5.32 Å². The van der Waals surface area contributed by atoms with E-state index in [2.05, 4.69) is 17.5 Å². The van der Waals surface area contributed by atoms with Crippen LogP contribution in [0.25, 0.3) is 0 Å². The molecule has 0 amide bonds. The molecule has 1 N–H and O–H groups in total. The van der Waals surface area contributed by atoms with Crippen LogP contribution in [-0.4, -0.2) is 11.6 Å². The number of hydrogen-bond donors (Lipinski definition) is 1. The Balaban J connectivity index is 1.64. The van der Waals surface area contributed by atoms with Crippen LogP contribution >= 0.6 is 0 Å². The minimum atomic E-state index is -0.127. The Labute approximate surface area is 102 Å². The largest absolute Gasteiger partial charge is 0.308 e. The summed E-state index contributed by atoms with van der Waals surface area (Å²) in [5.74, 6) is -0.127. The Morgan fingerprint density at radius 3 is 2.88 bits per heavy atom. The molecule has 1 aromatic rings. The smallest absolute Gasteiger partial charge is 0.123 e. The summed E-state index contributed by atoms with van der Waals surface area (Å²) in [6, 6.07) is 7.49. The SMILES string of the molecule is Fc1cccc(C[C@H]2CCC3(CC=CC3)N2)c1. The first kappa shape index (κ1) is 11.0. The lowest BCUT2D eigenvalue weighted by Crippen LogP contribution is -2.41. The first-order chi connectivity index (χ1) is 8.26. The molecular weight excluding hydrogens is 213 g/mol. The van der Waals surface area contributed by atoms with Gasteiger partial charge in [0.15, 0.2) is 0 Å². The van der Waals surface area contributed by atoms with Gasteiger partial charge in [-0.3, -0.25) is 0 Å². The molecular formula is C15H18FN. The van der Waals surface area contributed by atoms with Crippen molar-refractivity contribution in [2.45, 2.75) is 43.7 Å². The van der Waals surface area contributed by atoms with Gasteiger partial charge in [0.2, 0.25) is 0 Å². The molecule has 0 aromatic heterocycles. The van der Waals surface area contributed by atoms with Gasteiger partial charge in [-0.15, -0.1) is 0 Å². The maximum absolute atomic E-state index is 13.1. The molecule has 1 nitrogen and oxygen atoms in total. The first-order valence-electron chi connectivity index (χ1n) is 6.43. The highest BCUT2D eigenvalue weighted by molar-refractivity contribution is 5.19. The lowest BCUT2D eigenvalue weighted by Gasteiger charge is -2.25. The van der Waals surface area contributed by atoms with E-state index < -0.39 is 0 Å². The molecule has 17 heavy (non-hydrogen) atoms. The van der Waals surface area contributed by atoms with E-state index in [1.807, 2.05) is 6.07 Å². The molecule has 0 bridgehead atoms. The van der Waals surface area contributed by atoms with Crippen LogP contribution in [0.4, 0.5) is 4.39 Å². The second-order valence-electron chi connectivity index (χ2n) is 5.37. The lowest BCUT2D eigenvalue weighted by atomic mass is 9.95. The van der Waals surface area contributed by atoms with Crippen molar-refractivity contribution in [1.29, 1.82) is 0 Å². The van der Waals surface area contributed by atoms with Gasteiger partial charge < -0.3 is 5.32 Å². The fourth-order valence-corrected chi connectivity index (χ4v) is 3.15. The Morgan fingerprint density at radius 1 is 1.29 bits per heavy atom. The van der Waals surface area contributed by atoms with Crippen molar-refractivity contribution in [2.24, 2.45) is 0 Å². The van der Waals surface area contributed by atoms with Gasteiger partial charge >= 0.3 is 0 Å². The van der Waals surface area contributed by atoms with Crippen molar-refractivity contribution >= 4 is 0 Å². The summed E-state index contributed by atoms with van der Waals surface area (Å²) in [5, 5.41) is 3.75. The van der Waals surface area contributed by atoms with Crippen LogP contribution in [0.1, 0.15) is 31.2 Å². The van der Waals surface area contributed by atoms with Crippen LogP contribution in [0.2, 0.25) is 0 Å². The first-order valence-corrected chi connectivity index (χ1v) is 6.43. The maximum atomic E-state index is 13.1. The van der Waals surface area contributed by atoms with E-state index in [4.69, 9.17) is 0 Å². The summed E-state index contributed by atoms with van der Waals surface area (Å²) >= 11 is 0. The average molecular weight is 231 g/mol. The third kappa shape index (κ3) is 2.27. The molecule has 1 fully saturated rings. The summed E-state index contributed by atoms with van der Waals surface area (Å²) < 4.78 is 13.1. The number of hydrogen-bond acceptors (Lipinski definition) is 1. The number of halogens is 1. The molecule has 1 spiro atoms. The molecule has 1 saturated heterocycles. The molecule has 2 heteroatoms. The van der Waals surface area contributed by atoms with Gasteiger partial charge in [0.25, 0.3) is 0 Å². The van der Waals surface area contributed by atoms with Crippen LogP contribution in [0.5, 0.6) is 0 Å². The predicted molar refractivity (Wildman–Crippen MR) is 67.4 cm³/mol. The van der Waals surface area contributed by atoms with Crippen molar-refractivity contribution < 1.29 is 4.39 Å². The van der Waals surface area contributed by atoms with E-state index in [1.54, 1.807) is 12.1 Å². The Morgan fingerprint density at radius 2 is 2.12 bits per heavy atom. The van der Waals surface area contributed by atoms with Crippen molar-refractivity contribution in [3.8, 4) is 0 Å². The average Bonchev–Trinajstić information content (AvgIpc) is 2.90. The van der Waals surface area contributed by atoms with E-state index in [0.717, 1.165) is 24.8 Å². The standard InChI is InChI=1S/C15H18FN/c16-13-5-3-4-12(10-13)11-14-6-9-15(17-14)7-1-2-8-15/h1-5,10,14,17H,6-9,11H2/t14-/m1/s1. The Hall–Kier alpha value is -1.15. The molecule has 3 rings (SSSR count). The van der Waals surface area contributed by atoms with E-state index in [-0.39, 0.29) is 5.82 Å². The quantitative estimate of drug-likeness (QED) is 0.771. The number of benzene rings is 1. The highest BCUT2D eigenvalue weighted by atomic mass is 19.1. The minimum absolute atomic E-state index is 0.127. The van der Waals surface area contributed by atoms with Crippen LogP contribution in [-0.2, 0) is 6.42 Å². The predicted octanol–water partition coefficient (Wildman–Crippen LogP) is 3.21. The van der Waals surface area contributed by atoms with Gasteiger partial charge in [0.1, 0.15) is 5.82 Å². The third-order valence-corrected chi connectivity index (χ3v) is 4.04. The lowest BCUT2D eigenvalue weighted by molar-refractivity contribution is 0.379. The third-order valence-electron chi connectivity index (χ3n) is 4.04. The highest BCUT2D eigenvalue weighted by Crippen LogP contribution is 2.35. The monoisotopic (exact) mass is 231 g/mol. The zero-order chi connectivity index (χ0) is 11.7. The fraction of sp³-hybridized carbons (Fsp3) is 0.467. The van der Waals surface area contributed by atoms with Crippen LogP contribution in [0, 0.1) is 5.82 Å². The second kappa shape index (κ2) is 4.26. The molecule has 1 aliphatic heterocycles. The number of nitrogens with one attached hydrogen (secondary N) is 1. The second-order valence-corrected chi connectivity index (χ2v) is 5.37. The van der Waals surface area contributed by atoms with Gasteiger partial charge in [0.05, 0.1) is 0 Å². The maximum Gasteiger partial charge on any atom is 0.123 e. The van der Waals surface area contributed by atoms with Gasteiger partial charge in [0, 0.05) is 11.6 Å². The van der Waals surface area contributed by atoms with E-state index in [0.29, 0.717) is 11.6 Å². The summed E-state index contributed by atoms with van der Waals surface area (Å²) in [6.07, 6.45) is 10.3.